The van der Waals surface area contributed by atoms with Crippen LogP contribution in [0.25, 0.3) is 0 Å². The van der Waals surface area contributed by atoms with E-state index in [1.807, 2.05) is 0 Å². The molecule has 0 aromatic heterocycles. The third-order valence-electron chi connectivity index (χ3n) is 2.24. The third kappa shape index (κ3) is 6.37. The summed E-state index contributed by atoms with van der Waals surface area (Å²) < 4.78 is 28.1. The highest BCUT2D eigenvalue weighted by atomic mass is 35.5. The summed E-state index contributed by atoms with van der Waals surface area (Å²) in [6, 6.07) is 3.19. The van der Waals surface area contributed by atoms with E-state index in [0.717, 1.165) is 0 Å². The molecular formula is C12H13ClF2N2O4. The van der Waals surface area contributed by atoms with Crippen molar-refractivity contribution in [3.63, 3.8) is 0 Å². The number of halogens is 3. The minimum atomic E-state index is -2.56. The summed E-state index contributed by atoms with van der Waals surface area (Å²) in [6.07, 6.45) is -2.56. The second kappa shape index (κ2) is 8.38. The van der Waals surface area contributed by atoms with Crippen LogP contribution < -0.4 is 10.6 Å². The number of hydrogen-bond acceptors (Lipinski definition) is 3. The molecule has 1 rings (SSSR count). The Bertz CT molecular complexity index is 514. The summed E-state index contributed by atoms with van der Waals surface area (Å²) in [5.74, 6) is -1.16. The topological polar surface area (TPSA) is 87.7 Å². The molecule has 0 atom stereocenters. The van der Waals surface area contributed by atoms with Crippen LogP contribution in [-0.2, 0) is 4.74 Å². The maximum absolute atomic E-state index is 11.8. The van der Waals surface area contributed by atoms with Crippen molar-refractivity contribution < 1.29 is 28.2 Å². The van der Waals surface area contributed by atoms with Crippen LogP contribution in [0, 0.1) is 0 Å². The molecule has 0 spiro atoms. The van der Waals surface area contributed by atoms with E-state index in [1.54, 1.807) is 0 Å². The zero-order valence-electron chi connectivity index (χ0n) is 10.7. The molecule has 0 aliphatic rings. The molecule has 6 nitrogen and oxygen atoms in total. The number of amides is 2. The van der Waals surface area contributed by atoms with Crippen LogP contribution in [0.2, 0.25) is 5.02 Å². The molecule has 0 heterocycles. The number of carboxylic acid groups (broad SMARTS) is 1. The van der Waals surface area contributed by atoms with E-state index in [1.165, 1.54) is 18.2 Å². The molecule has 0 aliphatic carbocycles. The van der Waals surface area contributed by atoms with Crippen LogP contribution in [-0.4, -0.2) is 43.3 Å². The van der Waals surface area contributed by atoms with Crippen molar-refractivity contribution in [3.05, 3.63) is 28.8 Å². The predicted molar refractivity (Wildman–Crippen MR) is 72.3 cm³/mol. The van der Waals surface area contributed by atoms with Gasteiger partial charge < -0.3 is 20.5 Å². The van der Waals surface area contributed by atoms with Gasteiger partial charge in [-0.1, -0.05) is 11.6 Å². The summed E-state index contributed by atoms with van der Waals surface area (Å²) in [4.78, 5) is 22.3. The fraction of sp³-hybridized carbons (Fsp3) is 0.333. The molecule has 21 heavy (non-hydrogen) atoms. The minimum absolute atomic E-state index is 0.0226. The first kappa shape index (κ1) is 17.1. The van der Waals surface area contributed by atoms with E-state index in [4.69, 9.17) is 16.7 Å². The molecule has 3 N–H and O–H groups in total. The number of urea groups is 1. The Balaban J connectivity index is 2.44. The van der Waals surface area contributed by atoms with Gasteiger partial charge in [0.1, 0.15) is 6.61 Å². The number of hydrogen-bond donors (Lipinski definition) is 3. The van der Waals surface area contributed by atoms with Gasteiger partial charge in [-0.15, -0.1) is 0 Å². The number of carboxylic acids is 1. The second-order valence-corrected chi connectivity index (χ2v) is 4.25. The van der Waals surface area contributed by atoms with Crippen LogP contribution in [0.4, 0.5) is 19.3 Å². The summed E-state index contributed by atoms with van der Waals surface area (Å²) in [6.45, 7) is -0.745. The highest BCUT2D eigenvalue weighted by Gasteiger charge is 2.10. The molecule has 0 bridgehead atoms. The number of ether oxygens (including phenoxy) is 1. The average Bonchev–Trinajstić information content (AvgIpc) is 2.40. The lowest BCUT2D eigenvalue weighted by Gasteiger charge is -2.10. The zero-order valence-corrected chi connectivity index (χ0v) is 11.5. The van der Waals surface area contributed by atoms with E-state index in [2.05, 4.69) is 15.4 Å². The van der Waals surface area contributed by atoms with Crippen LogP contribution in [0.1, 0.15) is 10.4 Å². The van der Waals surface area contributed by atoms with Gasteiger partial charge in [-0.3, -0.25) is 0 Å². The van der Waals surface area contributed by atoms with E-state index < -0.39 is 25.0 Å². The van der Waals surface area contributed by atoms with Crippen molar-refractivity contribution in [2.24, 2.45) is 0 Å². The maximum Gasteiger partial charge on any atom is 0.335 e. The van der Waals surface area contributed by atoms with Gasteiger partial charge in [-0.25, -0.2) is 18.4 Å². The van der Waals surface area contributed by atoms with Crippen LogP contribution >= 0.6 is 11.6 Å². The predicted octanol–water partition coefficient (Wildman–Crippen LogP) is 2.44. The van der Waals surface area contributed by atoms with Gasteiger partial charge in [0.2, 0.25) is 0 Å². The molecule has 0 fully saturated rings. The first-order valence-corrected chi connectivity index (χ1v) is 6.21. The average molecular weight is 323 g/mol. The standard InChI is InChI=1S/C12H13ClF2N2O4/c13-8-2-1-7(11(18)19)5-9(8)17-12(20)16-3-4-21-6-10(14)15/h1-2,5,10H,3-4,6H2,(H,18,19)(H2,16,17,20). The molecule has 0 saturated heterocycles. The lowest BCUT2D eigenvalue weighted by molar-refractivity contribution is 0.0194. The van der Waals surface area contributed by atoms with Crippen LogP contribution in [0.5, 0.6) is 0 Å². The number of anilines is 1. The quantitative estimate of drug-likeness (QED) is 0.673. The zero-order chi connectivity index (χ0) is 15.8. The lowest BCUT2D eigenvalue weighted by atomic mass is 10.2. The number of carbonyl (C=O) groups excluding carboxylic acids is 1. The number of alkyl halides is 2. The van der Waals surface area contributed by atoms with Gasteiger partial charge in [0.25, 0.3) is 6.43 Å². The van der Waals surface area contributed by atoms with Crippen LogP contribution in [0.15, 0.2) is 18.2 Å². The fourth-order valence-corrected chi connectivity index (χ4v) is 1.49. The van der Waals surface area contributed by atoms with Crippen LogP contribution in [0.3, 0.4) is 0 Å². The number of carbonyl (C=O) groups is 2. The summed E-state index contributed by atoms with van der Waals surface area (Å²) in [7, 11) is 0. The van der Waals surface area contributed by atoms with Gasteiger partial charge >= 0.3 is 12.0 Å². The highest BCUT2D eigenvalue weighted by Crippen LogP contribution is 2.22. The Morgan fingerprint density at radius 3 is 2.71 bits per heavy atom. The second-order valence-electron chi connectivity index (χ2n) is 3.85. The van der Waals surface area contributed by atoms with E-state index >= 15 is 0 Å². The molecular weight excluding hydrogens is 310 g/mol. The number of nitrogens with one attached hydrogen (secondary N) is 2. The van der Waals surface area contributed by atoms with E-state index in [-0.39, 0.29) is 29.4 Å². The Hall–Kier alpha value is -1.93. The number of benzene rings is 1. The largest absolute Gasteiger partial charge is 0.478 e. The lowest BCUT2D eigenvalue weighted by Crippen LogP contribution is -2.32. The van der Waals surface area contributed by atoms with Crippen molar-refractivity contribution in [2.45, 2.75) is 6.43 Å². The molecule has 1 aromatic rings. The van der Waals surface area contributed by atoms with E-state index in [0.29, 0.717) is 0 Å². The summed E-state index contributed by atoms with van der Waals surface area (Å²) in [5.41, 5.74) is 0.0949. The van der Waals surface area contributed by atoms with Gasteiger partial charge in [0, 0.05) is 6.54 Å². The van der Waals surface area contributed by atoms with Crippen molar-refractivity contribution in [2.75, 3.05) is 25.1 Å². The first-order chi connectivity index (χ1) is 9.90. The Morgan fingerprint density at radius 2 is 2.10 bits per heavy atom. The number of aromatic carboxylic acids is 1. The molecule has 116 valence electrons. The van der Waals surface area contributed by atoms with Crippen molar-refractivity contribution >= 4 is 29.3 Å². The molecule has 9 heteroatoms. The minimum Gasteiger partial charge on any atom is -0.478 e. The van der Waals surface area contributed by atoms with Crippen molar-refractivity contribution in [1.29, 1.82) is 0 Å². The van der Waals surface area contributed by atoms with Gasteiger partial charge in [-0.05, 0) is 18.2 Å². The van der Waals surface area contributed by atoms with Gasteiger partial charge in [0.05, 0.1) is 22.9 Å². The molecule has 0 unspecified atom stereocenters. The van der Waals surface area contributed by atoms with Crippen molar-refractivity contribution in [1.82, 2.24) is 5.32 Å². The van der Waals surface area contributed by atoms with Gasteiger partial charge in [0.15, 0.2) is 0 Å². The molecule has 0 saturated carbocycles. The SMILES string of the molecule is O=C(NCCOCC(F)F)Nc1cc(C(=O)O)ccc1Cl. The van der Waals surface area contributed by atoms with Crippen molar-refractivity contribution in [3.8, 4) is 0 Å². The first-order valence-electron chi connectivity index (χ1n) is 5.83. The maximum atomic E-state index is 11.8. The monoisotopic (exact) mass is 322 g/mol. The normalized spacial score (nSPS) is 10.5. The Morgan fingerprint density at radius 1 is 1.38 bits per heavy atom. The molecule has 0 aliphatic heterocycles. The molecule has 0 radical (unpaired) electrons. The summed E-state index contributed by atoms with van der Waals surface area (Å²) in [5, 5.41) is 13.7. The molecule has 1 aromatic carbocycles. The van der Waals surface area contributed by atoms with E-state index in [9.17, 15) is 18.4 Å². The Kier molecular flexibility index (Phi) is 6.83. The molecule has 2 amide bonds. The smallest absolute Gasteiger partial charge is 0.335 e. The Labute approximate surface area is 124 Å². The third-order valence-corrected chi connectivity index (χ3v) is 2.57. The highest BCUT2D eigenvalue weighted by molar-refractivity contribution is 6.33. The van der Waals surface area contributed by atoms with Gasteiger partial charge in [-0.2, -0.15) is 0 Å². The number of rotatable bonds is 7. The summed E-state index contributed by atoms with van der Waals surface area (Å²) >= 11 is 5.82. The fourth-order valence-electron chi connectivity index (χ4n) is 1.33.